The van der Waals surface area contributed by atoms with Gasteiger partial charge in [0.25, 0.3) is 15.9 Å². The number of carbonyl (C=O) groups is 2. The maximum Gasteiger partial charge on any atom is 0.265 e. The van der Waals surface area contributed by atoms with E-state index in [2.05, 4.69) is 15.3 Å². The summed E-state index contributed by atoms with van der Waals surface area (Å²) in [6, 6.07) is 22.7. The molecule has 1 aliphatic rings. The lowest BCUT2D eigenvalue weighted by molar-refractivity contribution is -0.123. The minimum absolute atomic E-state index is 0.0712. The van der Waals surface area contributed by atoms with Crippen molar-refractivity contribution in [1.29, 1.82) is 0 Å². The molecule has 0 saturated heterocycles. The van der Waals surface area contributed by atoms with Crippen molar-refractivity contribution in [2.24, 2.45) is 5.73 Å². The van der Waals surface area contributed by atoms with Crippen LogP contribution in [0.3, 0.4) is 0 Å². The third kappa shape index (κ3) is 5.45. The predicted octanol–water partition coefficient (Wildman–Crippen LogP) is 2.33. The Morgan fingerprint density at radius 2 is 1.59 bits per heavy atom. The quantitative estimate of drug-likeness (QED) is 0.283. The molecule has 0 radical (unpaired) electrons. The molecular formula is C27H25N5O4S. The fourth-order valence-electron chi connectivity index (χ4n) is 4.29. The van der Waals surface area contributed by atoms with E-state index < -0.39 is 28.0 Å². The number of nitrogens with one attached hydrogen (secondary N) is 3. The van der Waals surface area contributed by atoms with E-state index in [-0.39, 0.29) is 10.8 Å². The van der Waals surface area contributed by atoms with Crippen molar-refractivity contribution < 1.29 is 18.0 Å². The number of hydrogen-bond acceptors (Lipinski definition) is 6. The molecule has 1 aromatic heterocycles. The molecule has 3 aromatic carbocycles. The standard InChI is InChI=1S/C27H25N5O4S/c28-20(14-17-6-2-1-3-7-17)27(34)31-23(26-29-21-8-4-5-9-22(21)30-26)15-18-10-12-19(13-11-18)24-16-25(33)32-37(24,35)36/h1-13,16,20,23H,14-15,28H2,(H,29,30)(H,31,34)(H,32,33)/t20-,23?/m0/s1. The van der Waals surface area contributed by atoms with Gasteiger partial charge < -0.3 is 16.0 Å². The fourth-order valence-corrected chi connectivity index (χ4v) is 5.43. The van der Waals surface area contributed by atoms with E-state index in [1.165, 1.54) is 0 Å². The molecule has 0 spiro atoms. The first-order valence-electron chi connectivity index (χ1n) is 11.7. The largest absolute Gasteiger partial charge is 0.344 e. The SMILES string of the molecule is N[C@@H](Cc1ccccc1)C(=O)NC(Cc1ccc(C2=CC(=O)NS2(=O)=O)cc1)c1nc2ccccc2[nH]1. The molecule has 5 rings (SSSR count). The number of imidazole rings is 1. The minimum Gasteiger partial charge on any atom is -0.344 e. The van der Waals surface area contributed by atoms with E-state index in [1.807, 2.05) is 59.3 Å². The molecule has 0 saturated carbocycles. The Morgan fingerprint density at radius 1 is 0.919 bits per heavy atom. The van der Waals surface area contributed by atoms with Crippen LogP contribution in [0.4, 0.5) is 0 Å². The molecule has 2 heterocycles. The van der Waals surface area contributed by atoms with Gasteiger partial charge in [-0.3, -0.25) is 9.59 Å². The molecule has 4 aromatic rings. The first kappa shape index (κ1) is 24.4. The number of nitrogens with two attached hydrogens (primary N) is 1. The molecule has 37 heavy (non-hydrogen) atoms. The number of para-hydroxylation sites is 2. The number of fused-ring (bicyclic) bond motifs is 1. The van der Waals surface area contributed by atoms with Gasteiger partial charge in [-0.2, -0.15) is 0 Å². The lowest BCUT2D eigenvalue weighted by Gasteiger charge is -2.20. The van der Waals surface area contributed by atoms with E-state index in [0.717, 1.165) is 28.2 Å². The van der Waals surface area contributed by atoms with Gasteiger partial charge in [0.15, 0.2) is 0 Å². The molecule has 0 aliphatic carbocycles. The molecule has 2 amide bonds. The third-order valence-electron chi connectivity index (χ3n) is 6.15. The second-order valence-corrected chi connectivity index (χ2v) is 10.5. The Morgan fingerprint density at radius 3 is 2.27 bits per heavy atom. The van der Waals surface area contributed by atoms with Gasteiger partial charge >= 0.3 is 0 Å². The Bertz CT molecular complexity index is 1560. The van der Waals surface area contributed by atoms with Crippen LogP contribution in [0.2, 0.25) is 0 Å². The van der Waals surface area contributed by atoms with Crippen molar-refractivity contribution in [2.75, 3.05) is 0 Å². The van der Waals surface area contributed by atoms with Crippen molar-refractivity contribution in [3.8, 4) is 0 Å². The van der Waals surface area contributed by atoms with Crippen LogP contribution in [0.5, 0.6) is 0 Å². The first-order valence-corrected chi connectivity index (χ1v) is 13.2. The van der Waals surface area contributed by atoms with E-state index >= 15 is 0 Å². The van der Waals surface area contributed by atoms with Crippen molar-refractivity contribution in [3.63, 3.8) is 0 Å². The van der Waals surface area contributed by atoms with Crippen molar-refractivity contribution in [3.05, 3.63) is 107 Å². The summed E-state index contributed by atoms with van der Waals surface area (Å²) in [5.41, 5.74) is 10.0. The fraction of sp³-hybridized carbons (Fsp3) is 0.148. The second-order valence-electron chi connectivity index (χ2n) is 8.88. The normalized spacial score (nSPS) is 16.1. The highest BCUT2D eigenvalue weighted by molar-refractivity contribution is 7.99. The van der Waals surface area contributed by atoms with Gasteiger partial charge in [-0.15, -0.1) is 0 Å². The highest BCUT2D eigenvalue weighted by atomic mass is 32.2. The summed E-state index contributed by atoms with van der Waals surface area (Å²) in [5, 5.41) is 3.03. The maximum absolute atomic E-state index is 13.1. The number of sulfonamides is 1. The summed E-state index contributed by atoms with van der Waals surface area (Å²) in [7, 11) is -3.86. The molecular weight excluding hydrogens is 490 g/mol. The van der Waals surface area contributed by atoms with Crippen molar-refractivity contribution >= 4 is 37.8 Å². The summed E-state index contributed by atoms with van der Waals surface area (Å²) in [6.45, 7) is 0. The molecule has 10 heteroatoms. The molecule has 1 aliphatic heterocycles. The van der Waals surface area contributed by atoms with E-state index in [1.54, 1.807) is 24.3 Å². The molecule has 5 N–H and O–H groups in total. The summed E-state index contributed by atoms with van der Waals surface area (Å²) in [5.74, 6) is -0.391. The molecule has 0 fully saturated rings. The number of hydrogen-bond donors (Lipinski definition) is 4. The molecule has 9 nitrogen and oxygen atoms in total. The van der Waals surface area contributed by atoms with Crippen LogP contribution in [-0.2, 0) is 32.5 Å². The monoisotopic (exact) mass is 515 g/mol. The zero-order chi connectivity index (χ0) is 26.0. The summed E-state index contributed by atoms with van der Waals surface area (Å²) in [6.07, 6.45) is 1.84. The Kier molecular flexibility index (Phi) is 6.60. The van der Waals surface area contributed by atoms with E-state index in [4.69, 9.17) is 5.73 Å². The number of amides is 2. The Hall–Kier alpha value is -4.28. The number of benzene rings is 3. The lowest BCUT2D eigenvalue weighted by atomic mass is 10.0. The summed E-state index contributed by atoms with van der Waals surface area (Å²) in [4.78, 5) is 32.5. The smallest absolute Gasteiger partial charge is 0.265 e. The summed E-state index contributed by atoms with van der Waals surface area (Å²) < 4.78 is 26.2. The van der Waals surface area contributed by atoms with Crippen LogP contribution >= 0.6 is 0 Å². The molecule has 1 unspecified atom stereocenters. The van der Waals surface area contributed by atoms with Gasteiger partial charge in [0.2, 0.25) is 5.91 Å². The zero-order valence-corrected chi connectivity index (χ0v) is 20.5. The zero-order valence-electron chi connectivity index (χ0n) is 19.7. The van der Waals surface area contributed by atoms with Crippen LogP contribution in [-0.4, -0.2) is 36.2 Å². The summed E-state index contributed by atoms with van der Waals surface area (Å²) >= 11 is 0. The van der Waals surface area contributed by atoms with Gasteiger partial charge in [-0.25, -0.2) is 18.1 Å². The highest BCUT2D eigenvalue weighted by Gasteiger charge is 2.29. The lowest BCUT2D eigenvalue weighted by Crippen LogP contribution is -2.44. The molecule has 0 bridgehead atoms. The minimum atomic E-state index is -3.86. The van der Waals surface area contributed by atoms with Crippen LogP contribution in [0.25, 0.3) is 15.9 Å². The number of aromatic nitrogens is 2. The third-order valence-corrected chi connectivity index (χ3v) is 7.56. The Labute approximate surface area is 213 Å². The van der Waals surface area contributed by atoms with Crippen LogP contribution in [0, 0.1) is 0 Å². The molecule has 2 atom stereocenters. The van der Waals surface area contributed by atoms with Crippen molar-refractivity contribution in [1.82, 2.24) is 20.0 Å². The highest BCUT2D eigenvalue weighted by Crippen LogP contribution is 2.26. The topological polar surface area (TPSA) is 147 Å². The average Bonchev–Trinajstić information content (AvgIpc) is 3.44. The van der Waals surface area contributed by atoms with Gasteiger partial charge in [-0.05, 0) is 41.7 Å². The number of H-pyrrole nitrogens is 1. The number of aromatic amines is 1. The van der Waals surface area contributed by atoms with Crippen LogP contribution in [0.1, 0.15) is 28.6 Å². The van der Waals surface area contributed by atoms with Crippen LogP contribution in [0.15, 0.2) is 84.9 Å². The maximum atomic E-state index is 13.1. The predicted molar refractivity (Wildman–Crippen MR) is 140 cm³/mol. The first-order chi connectivity index (χ1) is 17.8. The number of nitrogens with zero attached hydrogens (tertiary/aromatic N) is 1. The van der Waals surface area contributed by atoms with E-state index in [9.17, 15) is 18.0 Å². The van der Waals surface area contributed by atoms with Gasteiger partial charge in [0, 0.05) is 6.08 Å². The van der Waals surface area contributed by atoms with Crippen LogP contribution < -0.4 is 15.8 Å². The van der Waals surface area contributed by atoms with Gasteiger partial charge in [-0.1, -0.05) is 66.7 Å². The molecule has 188 valence electrons. The van der Waals surface area contributed by atoms with E-state index in [0.29, 0.717) is 24.2 Å². The average molecular weight is 516 g/mol. The van der Waals surface area contributed by atoms with Crippen molar-refractivity contribution in [2.45, 2.75) is 24.9 Å². The van der Waals surface area contributed by atoms with Gasteiger partial charge in [0.05, 0.1) is 23.1 Å². The van der Waals surface area contributed by atoms with Gasteiger partial charge in [0.1, 0.15) is 10.7 Å². The Balaban J connectivity index is 1.38. The number of rotatable bonds is 8. The number of carbonyl (C=O) groups excluding carboxylic acids is 2. The second kappa shape index (κ2) is 10.00.